The molecule has 2 aliphatic heterocycles. The Bertz CT molecular complexity index is 580. The number of sulfonamides is 1. The van der Waals surface area contributed by atoms with Gasteiger partial charge in [-0.05, 0) is 38.2 Å². The zero-order valence-corrected chi connectivity index (χ0v) is 14.2. The summed E-state index contributed by atoms with van der Waals surface area (Å²) in [4.78, 5) is 4.65. The SMILES string of the molecule is C=C.C=CC1=C(/C(=C\C)S(=O)(=O)N2CCCCC2)N=CCC1. The average Bonchev–Trinajstić information content (AvgIpc) is 2.58. The molecule has 0 aromatic heterocycles. The van der Waals surface area contributed by atoms with Crippen molar-refractivity contribution in [1.82, 2.24) is 4.31 Å². The molecule has 0 amide bonds. The van der Waals surface area contributed by atoms with E-state index < -0.39 is 10.0 Å². The van der Waals surface area contributed by atoms with E-state index in [0.717, 1.165) is 37.7 Å². The van der Waals surface area contributed by atoms with Gasteiger partial charge in [0.2, 0.25) is 10.0 Å². The minimum absolute atomic E-state index is 0.324. The van der Waals surface area contributed by atoms with E-state index in [-0.39, 0.29) is 0 Å². The van der Waals surface area contributed by atoms with Crippen LogP contribution in [0.2, 0.25) is 0 Å². The molecule has 0 spiro atoms. The maximum absolute atomic E-state index is 12.8. The topological polar surface area (TPSA) is 49.7 Å². The summed E-state index contributed by atoms with van der Waals surface area (Å²) < 4.78 is 27.2. The maximum Gasteiger partial charge on any atom is 0.244 e. The Kier molecular flexibility index (Phi) is 7.48. The van der Waals surface area contributed by atoms with E-state index in [9.17, 15) is 8.42 Å². The van der Waals surface area contributed by atoms with Gasteiger partial charge in [0.05, 0.1) is 5.70 Å². The molecule has 0 N–H and O–H groups in total. The summed E-state index contributed by atoms with van der Waals surface area (Å²) >= 11 is 0. The third kappa shape index (κ3) is 4.05. The van der Waals surface area contributed by atoms with E-state index in [0.29, 0.717) is 23.7 Å². The van der Waals surface area contributed by atoms with Crippen LogP contribution in [0, 0.1) is 0 Å². The van der Waals surface area contributed by atoms with Crippen molar-refractivity contribution < 1.29 is 8.42 Å². The minimum atomic E-state index is -3.44. The normalized spacial score (nSPS) is 20.3. The predicted molar refractivity (Wildman–Crippen MR) is 94.3 cm³/mol. The summed E-state index contributed by atoms with van der Waals surface area (Å²) in [5.74, 6) is 0. The molecule has 2 heterocycles. The fourth-order valence-electron chi connectivity index (χ4n) is 2.65. The fourth-order valence-corrected chi connectivity index (χ4v) is 4.39. The van der Waals surface area contributed by atoms with Gasteiger partial charge in [-0.25, -0.2) is 8.42 Å². The molecular formula is C17H26N2O2S. The van der Waals surface area contributed by atoms with E-state index in [4.69, 9.17) is 0 Å². The van der Waals surface area contributed by atoms with Crippen LogP contribution in [-0.4, -0.2) is 32.0 Å². The Hall–Kier alpha value is -1.46. The molecule has 0 aliphatic carbocycles. The number of hydrogen-bond donors (Lipinski definition) is 0. The standard InChI is InChI=1S/C15H22N2O2S.C2H4/c1-3-13-9-8-10-16-15(13)14(4-2)20(18,19)17-11-6-5-7-12-17;1-2/h3-4,10H,1,5-9,11-12H2,2H3;1-2H2/b14-4+;. The molecule has 5 heteroatoms. The zero-order chi connectivity index (χ0) is 16.6. The van der Waals surface area contributed by atoms with Crippen LogP contribution in [0.15, 0.2) is 53.1 Å². The van der Waals surface area contributed by atoms with Gasteiger partial charge < -0.3 is 0 Å². The van der Waals surface area contributed by atoms with Crippen LogP contribution in [0.5, 0.6) is 0 Å². The second-order valence-electron chi connectivity index (χ2n) is 5.05. The van der Waals surface area contributed by atoms with Crippen molar-refractivity contribution in [3.63, 3.8) is 0 Å². The van der Waals surface area contributed by atoms with Crippen LogP contribution >= 0.6 is 0 Å². The molecule has 0 saturated carbocycles. The number of nitrogens with zero attached hydrogens (tertiary/aromatic N) is 2. The molecule has 0 unspecified atom stereocenters. The second kappa shape index (κ2) is 8.86. The molecule has 0 aromatic carbocycles. The average molecular weight is 322 g/mol. The zero-order valence-electron chi connectivity index (χ0n) is 13.4. The van der Waals surface area contributed by atoms with E-state index in [1.165, 1.54) is 0 Å². The number of rotatable bonds is 4. The van der Waals surface area contributed by atoms with E-state index in [1.807, 2.05) is 0 Å². The van der Waals surface area contributed by atoms with Gasteiger partial charge >= 0.3 is 0 Å². The predicted octanol–water partition coefficient (Wildman–Crippen LogP) is 3.81. The van der Waals surface area contributed by atoms with Gasteiger partial charge in [-0.2, -0.15) is 4.31 Å². The van der Waals surface area contributed by atoms with Crippen LogP contribution < -0.4 is 0 Å². The van der Waals surface area contributed by atoms with Gasteiger partial charge in [-0.15, -0.1) is 13.2 Å². The van der Waals surface area contributed by atoms with Crippen LogP contribution in [-0.2, 0) is 10.0 Å². The van der Waals surface area contributed by atoms with Crippen molar-refractivity contribution in [1.29, 1.82) is 0 Å². The number of hydrogen-bond acceptors (Lipinski definition) is 3. The summed E-state index contributed by atoms with van der Waals surface area (Å²) in [6.45, 7) is 12.8. The van der Waals surface area contributed by atoms with Crippen LogP contribution in [0.1, 0.15) is 39.0 Å². The summed E-state index contributed by atoms with van der Waals surface area (Å²) in [6, 6.07) is 0. The van der Waals surface area contributed by atoms with Crippen molar-refractivity contribution in [2.24, 2.45) is 4.99 Å². The van der Waals surface area contributed by atoms with Crippen LogP contribution in [0.3, 0.4) is 0 Å². The summed E-state index contributed by atoms with van der Waals surface area (Å²) in [5.41, 5.74) is 1.49. The Morgan fingerprint density at radius 2 is 1.91 bits per heavy atom. The lowest BCUT2D eigenvalue weighted by molar-refractivity contribution is 0.349. The van der Waals surface area contributed by atoms with Crippen molar-refractivity contribution in [2.75, 3.05) is 13.1 Å². The lowest BCUT2D eigenvalue weighted by Gasteiger charge is -2.28. The summed E-state index contributed by atoms with van der Waals surface area (Å²) in [7, 11) is -3.44. The Balaban J connectivity index is 0.00000116. The number of piperidine rings is 1. The highest BCUT2D eigenvalue weighted by molar-refractivity contribution is 7.93. The van der Waals surface area contributed by atoms with E-state index in [1.54, 1.807) is 29.6 Å². The Morgan fingerprint density at radius 1 is 1.27 bits per heavy atom. The van der Waals surface area contributed by atoms with Crippen LogP contribution in [0.25, 0.3) is 0 Å². The van der Waals surface area contributed by atoms with Crippen molar-refractivity contribution in [2.45, 2.75) is 39.0 Å². The Labute approximate surface area is 134 Å². The molecule has 22 heavy (non-hydrogen) atoms. The van der Waals surface area contributed by atoms with Crippen LogP contribution in [0.4, 0.5) is 0 Å². The molecule has 1 fully saturated rings. The quantitative estimate of drug-likeness (QED) is 0.739. The first-order chi connectivity index (χ1) is 10.6. The molecular weight excluding hydrogens is 296 g/mol. The number of allylic oxidation sites excluding steroid dienone is 3. The highest BCUT2D eigenvalue weighted by atomic mass is 32.2. The fraction of sp³-hybridized carbons (Fsp3) is 0.471. The first-order valence-corrected chi connectivity index (χ1v) is 9.10. The van der Waals surface area contributed by atoms with E-state index >= 15 is 0 Å². The van der Waals surface area contributed by atoms with Gasteiger partial charge in [-0.3, -0.25) is 4.99 Å². The van der Waals surface area contributed by atoms with Gasteiger partial charge in [0.1, 0.15) is 4.91 Å². The first-order valence-electron chi connectivity index (χ1n) is 7.66. The molecule has 1 saturated heterocycles. The second-order valence-corrected chi connectivity index (χ2v) is 6.95. The van der Waals surface area contributed by atoms with Gasteiger partial charge in [0, 0.05) is 19.3 Å². The minimum Gasteiger partial charge on any atom is -0.260 e. The van der Waals surface area contributed by atoms with Gasteiger partial charge in [0.25, 0.3) is 0 Å². The van der Waals surface area contributed by atoms with Gasteiger partial charge in [-0.1, -0.05) is 25.2 Å². The third-order valence-electron chi connectivity index (χ3n) is 3.74. The molecule has 4 nitrogen and oxygen atoms in total. The lowest BCUT2D eigenvalue weighted by atomic mass is 10.1. The molecule has 122 valence electrons. The maximum atomic E-state index is 12.8. The van der Waals surface area contributed by atoms with Crippen molar-refractivity contribution >= 4 is 16.2 Å². The molecule has 0 bridgehead atoms. The van der Waals surface area contributed by atoms with Crippen molar-refractivity contribution in [3.05, 3.63) is 48.1 Å². The molecule has 0 radical (unpaired) electrons. The smallest absolute Gasteiger partial charge is 0.244 e. The number of aliphatic imine (C=N–C) groups is 1. The molecule has 0 aromatic rings. The highest BCUT2D eigenvalue weighted by Gasteiger charge is 2.30. The third-order valence-corrected chi connectivity index (χ3v) is 5.77. The summed E-state index contributed by atoms with van der Waals surface area (Å²) in [6.07, 6.45) is 9.79. The Morgan fingerprint density at radius 3 is 2.45 bits per heavy atom. The lowest BCUT2D eigenvalue weighted by Crippen LogP contribution is -2.36. The monoisotopic (exact) mass is 322 g/mol. The largest absolute Gasteiger partial charge is 0.260 e. The molecule has 2 rings (SSSR count). The molecule has 2 aliphatic rings. The van der Waals surface area contributed by atoms with Crippen molar-refractivity contribution in [3.8, 4) is 0 Å². The summed E-state index contributed by atoms with van der Waals surface area (Å²) in [5, 5.41) is 0. The molecule has 0 atom stereocenters. The first kappa shape index (κ1) is 18.6. The highest BCUT2D eigenvalue weighted by Crippen LogP contribution is 2.30. The van der Waals surface area contributed by atoms with E-state index in [2.05, 4.69) is 24.7 Å². The van der Waals surface area contributed by atoms with Gasteiger partial charge in [0.15, 0.2) is 0 Å².